The molecule has 1 heterocycles. The first kappa shape index (κ1) is 21.3. The molecule has 3 rings (SSSR count). The van der Waals surface area contributed by atoms with Gasteiger partial charge in [-0.1, -0.05) is 12.1 Å². The second-order valence-electron chi connectivity index (χ2n) is 7.97. The second kappa shape index (κ2) is 7.76. The predicted octanol–water partition coefficient (Wildman–Crippen LogP) is 3.20. The highest BCUT2D eigenvalue weighted by Crippen LogP contribution is 2.36. The molecule has 0 bridgehead atoms. The minimum atomic E-state index is -0.805. The Hall–Kier alpha value is -2.45. The van der Waals surface area contributed by atoms with Crippen molar-refractivity contribution in [2.75, 3.05) is 7.11 Å². The van der Waals surface area contributed by atoms with E-state index in [4.69, 9.17) is 14.0 Å². The summed E-state index contributed by atoms with van der Waals surface area (Å²) < 4.78 is 45.0. The summed E-state index contributed by atoms with van der Waals surface area (Å²) in [5, 5.41) is 2.64. The van der Waals surface area contributed by atoms with Crippen LogP contribution in [0, 0.1) is 11.6 Å². The quantitative estimate of drug-likeness (QED) is 0.780. The molecule has 0 radical (unpaired) electrons. The Morgan fingerprint density at radius 2 is 1.72 bits per heavy atom. The second-order valence-corrected chi connectivity index (χ2v) is 7.97. The number of benzene rings is 2. The van der Waals surface area contributed by atoms with Gasteiger partial charge in [-0.2, -0.15) is 0 Å². The average molecular weight is 403 g/mol. The molecule has 1 amide bonds. The van der Waals surface area contributed by atoms with Crippen molar-refractivity contribution in [2.24, 2.45) is 0 Å². The Bertz CT molecular complexity index is 917. The molecule has 1 N–H and O–H groups in total. The van der Waals surface area contributed by atoms with Gasteiger partial charge in [-0.25, -0.2) is 8.78 Å². The number of rotatable bonds is 5. The van der Waals surface area contributed by atoms with Crippen molar-refractivity contribution in [1.29, 1.82) is 0 Å². The third kappa shape index (κ3) is 4.28. The van der Waals surface area contributed by atoms with Crippen molar-refractivity contribution in [2.45, 2.75) is 45.4 Å². The van der Waals surface area contributed by atoms with E-state index >= 15 is 0 Å². The SMILES string of the molecule is COc1ccc(F)cc1C(=O)NCc1ccc(B2OC(C)(C)C(C)(C)O2)c(F)c1. The molecular formula is C21H24BF2NO4. The third-order valence-electron chi connectivity index (χ3n) is 5.43. The van der Waals surface area contributed by atoms with Crippen LogP contribution in [0.25, 0.3) is 0 Å². The summed E-state index contributed by atoms with van der Waals surface area (Å²) in [4.78, 5) is 12.4. The number of amides is 1. The highest BCUT2D eigenvalue weighted by atomic mass is 19.1. The smallest absolute Gasteiger partial charge is 0.496 e. The van der Waals surface area contributed by atoms with Gasteiger partial charge in [-0.15, -0.1) is 0 Å². The van der Waals surface area contributed by atoms with Crippen LogP contribution in [0.3, 0.4) is 0 Å². The van der Waals surface area contributed by atoms with Gasteiger partial charge in [0.2, 0.25) is 0 Å². The summed E-state index contributed by atoms with van der Waals surface area (Å²) in [5.74, 6) is -1.30. The molecule has 2 aromatic rings. The van der Waals surface area contributed by atoms with Crippen LogP contribution in [0.4, 0.5) is 8.78 Å². The molecule has 0 unspecified atom stereocenters. The molecule has 8 heteroatoms. The highest BCUT2D eigenvalue weighted by molar-refractivity contribution is 6.62. The molecule has 1 saturated heterocycles. The van der Waals surface area contributed by atoms with Gasteiger partial charge in [0.05, 0.1) is 23.9 Å². The van der Waals surface area contributed by atoms with E-state index in [1.807, 2.05) is 27.7 Å². The van der Waals surface area contributed by atoms with Crippen LogP contribution >= 0.6 is 0 Å². The molecule has 1 fully saturated rings. The minimum absolute atomic E-state index is 0.0685. The number of halogens is 2. The summed E-state index contributed by atoms with van der Waals surface area (Å²) in [6.45, 7) is 7.66. The van der Waals surface area contributed by atoms with Crippen LogP contribution in [0.1, 0.15) is 43.6 Å². The van der Waals surface area contributed by atoms with Gasteiger partial charge in [0.15, 0.2) is 0 Å². The standard InChI is InChI=1S/C21H24BF2NO4/c1-20(2)21(3,4)29-22(28-20)16-8-6-13(10-17(16)24)12-25-19(26)15-11-14(23)7-9-18(15)27-5/h6-11H,12H2,1-5H3,(H,25,26). The predicted molar refractivity (Wildman–Crippen MR) is 106 cm³/mol. The summed E-state index contributed by atoms with van der Waals surface area (Å²) in [6.07, 6.45) is 0. The van der Waals surface area contributed by atoms with Crippen LogP contribution in [0.2, 0.25) is 0 Å². The van der Waals surface area contributed by atoms with Crippen LogP contribution in [-0.4, -0.2) is 31.3 Å². The Balaban J connectivity index is 1.70. The fraction of sp³-hybridized carbons (Fsp3) is 0.381. The normalized spacial score (nSPS) is 17.3. The van der Waals surface area contributed by atoms with Crippen LogP contribution in [-0.2, 0) is 15.9 Å². The van der Waals surface area contributed by atoms with Gasteiger partial charge in [0.1, 0.15) is 17.4 Å². The van der Waals surface area contributed by atoms with Crippen LogP contribution in [0.15, 0.2) is 36.4 Å². The number of hydrogen-bond acceptors (Lipinski definition) is 4. The molecule has 0 aliphatic carbocycles. The van der Waals surface area contributed by atoms with Crippen molar-refractivity contribution in [3.63, 3.8) is 0 Å². The summed E-state index contributed by atoms with van der Waals surface area (Å²) >= 11 is 0. The number of hydrogen-bond donors (Lipinski definition) is 1. The summed E-state index contributed by atoms with van der Waals surface area (Å²) in [7, 11) is 0.591. The first-order valence-electron chi connectivity index (χ1n) is 9.30. The van der Waals surface area contributed by atoms with E-state index < -0.39 is 35.9 Å². The fourth-order valence-corrected chi connectivity index (χ4v) is 2.98. The molecule has 1 aliphatic rings. The van der Waals surface area contributed by atoms with Gasteiger partial charge in [-0.05, 0) is 57.5 Å². The lowest BCUT2D eigenvalue weighted by atomic mass is 9.78. The molecule has 154 valence electrons. The van der Waals surface area contributed by atoms with E-state index in [-0.39, 0.29) is 17.9 Å². The Morgan fingerprint density at radius 1 is 1.07 bits per heavy atom. The molecule has 1 aliphatic heterocycles. The monoisotopic (exact) mass is 403 g/mol. The maximum atomic E-state index is 14.7. The van der Waals surface area contributed by atoms with Crippen molar-refractivity contribution in [1.82, 2.24) is 5.32 Å². The Kier molecular flexibility index (Phi) is 5.69. The van der Waals surface area contributed by atoms with E-state index in [0.29, 0.717) is 11.0 Å². The lowest BCUT2D eigenvalue weighted by Gasteiger charge is -2.32. The van der Waals surface area contributed by atoms with Gasteiger partial charge < -0.3 is 19.4 Å². The lowest BCUT2D eigenvalue weighted by molar-refractivity contribution is 0.00578. The lowest BCUT2D eigenvalue weighted by Crippen LogP contribution is -2.41. The van der Waals surface area contributed by atoms with E-state index in [2.05, 4.69) is 5.32 Å². The topological polar surface area (TPSA) is 56.8 Å². The minimum Gasteiger partial charge on any atom is -0.496 e. The Labute approximate surface area is 169 Å². The molecule has 0 aromatic heterocycles. The molecule has 0 atom stereocenters. The first-order chi connectivity index (χ1) is 13.5. The van der Waals surface area contributed by atoms with Gasteiger partial charge in [0, 0.05) is 12.0 Å². The number of carbonyl (C=O) groups is 1. The molecule has 5 nitrogen and oxygen atoms in total. The first-order valence-corrected chi connectivity index (χ1v) is 9.30. The average Bonchev–Trinajstić information content (AvgIpc) is 2.86. The van der Waals surface area contributed by atoms with E-state index in [9.17, 15) is 13.6 Å². The molecule has 0 saturated carbocycles. The zero-order valence-corrected chi connectivity index (χ0v) is 17.1. The summed E-state index contributed by atoms with van der Waals surface area (Å²) in [5.41, 5.74) is -0.222. The van der Waals surface area contributed by atoms with Crippen molar-refractivity contribution >= 4 is 18.5 Å². The van der Waals surface area contributed by atoms with Gasteiger partial charge in [0.25, 0.3) is 5.91 Å². The number of carbonyl (C=O) groups excluding carboxylic acids is 1. The molecule has 29 heavy (non-hydrogen) atoms. The zero-order valence-electron chi connectivity index (χ0n) is 17.1. The molecule has 2 aromatic carbocycles. The maximum absolute atomic E-state index is 14.7. The highest BCUT2D eigenvalue weighted by Gasteiger charge is 2.52. The van der Waals surface area contributed by atoms with Gasteiger partial charge >= 0.3 is 7.12 Å². The van der Waals surface area contributed by atoms with E-state index in [1.54, 1.807) is 12.1 Å². The van der Waals surface area contributed by atoms with Crippen molar-refractivity contribution in [3.8, 4) is 5.75 Å². The van der Waals surface area contributed by atoms with Crippen LogP contribution < -0.4 is 15.5 Å². The third-order valence-corrected chi connectivity index (χ3v) is 5.43. The van der Waals surface area contributed by atoms with Crippen molar-refractivity contribution in [3.05, 3.63) is 59.2 Å². The number of nitrogens with one attached hydrogen (secondary N) is 1. The molecular weight excluding hydrogens is 379 g/mol. The van der Waals surface area contributed by atoms with E-state index in [1.165, 1.54) is 25.3 Å². The van der Waals surface area contributed by atoms with Crippen LogP contribution in [0.5, 0.6) is 5.75 Å². The van der Waals surface area contributed by atoms with Gasteiger partial charge in [-0.3, -0.25) is 4.79 Å². The number of methoxy groups -OCH3 is 1. The zero-order chi connectivity index (χ0) is 21.4. The largest absolute Gasteiger partial charge is 0.497 e. The van der Waals surface area contributed by atoms with Crippen molar-refractivity contribution < 1.29 is 27.6 Å². The number of ether oxygens (including phenoxy) is 1. The summed E-state index contributed by atoms with van der Waals surface area (Å²) in [6, 6.07) is 8.27. The molecule has 0 spiro atoms. The Morgan fingerprint density at radius 3 is 2.31 bits per heavy atom. The fourth-order valence-electron chi connectivity index (χ4n) is 2.98. The van der Waals surface area contributed by atoms with E-state index in [0.717, 1.165) is 6.07 Å². The maximum Gasteiger partial charge on any atom is 0.497 e.